The summed E-state index contributed by atoms with van der Waals surface area (Å²) in [6, 6.07) is 6.12. The third-order valence-electron chi connectivity index (χ3n) is 2.18. The molecule has 1 heterocycles. The average Bonchev–Trinajstić information content (AvgIpc) is 2.25. The highest BCUT2D eigenvalue weighted by Gasteiger charge is 2.10. The molecule has 0 saturated heterocycles. The molecule has 0 fully saturated rings. The van der Waals surface area contributed by atoms with E-state index in [1.165, 1.54) is 11.1 Å². The summed E-state index contributed by atoms with van der Waals surface area (Å²) in [5.74, 6) is 1.00. The number of halogens is 1. The maximum atomic E-state index is 5.59. The minimum atomic E-state index is 0.757. The molecule has 2 heteroatoms. The van der Waals surface area contributed by atoms with Crippen LogP contribution in [0.2, 0.25) is 0 Å². The second kappa shape index (κ2) is 3.54. The van der Waals surface area contributed by atoms with Crippen molar-refractivity contribution in [2.24, 2.45) is 0 Å². The number of benzene rings is 1. The van der Waals surface area contributed by atoms with Gasteiger partial charge in [0.2, 0.25) is 0 Å². The molecule has 0 spiro atoms. The molecule has 0 radical (unpaired) electrons. The molecule has 0 atom stereocenters. The SMILES string of the molecule is C=C1CCOc2ccc(Br)cc2C1. The molecule has 0 bridgehead atoms. The summed E-state index contributed by atoms with van der Waals surface area (Å²) in [4.78, 5) is 0. The van der Waals surface area contributed by atoms with Crippen LogP contribution in [0.1, 0.15) is 12.0 Å². The Labute approximate surface area is 86.5 Å². The third-order valence-corrected chi connectivity index (χ3v) is 2.67. The summed E-state index contributed by atoms with van der Waals surface area (Å²) in [7, 11) is 0. The van der Waals surface area contributed by atoms with Crippen molar-refractivity contribution in [2.75, 3.05) is 6.61 Å². The maximum Gasteiger partial charge on any atom is 0.122 e. The van der Waals surface area contributed by atoms with Crippen LogP contribution in [-0.4, -0.2) is 6.61 Å². The normalized spacial score (nSPS) is 15.9. The zero-order valence-electron chi connectivity index (χ0n) is 7.35. The average molecular weight is 239 g/mol. The fourth-order valence-corrected chi connectivity index (χ4v) is 1.90. The fourth-order valence-electron chi connectivity index (χ4n) is 1.49. The Kier molecular flexibility index (Phi) is 2.40. The van der Waals surface area contributed by atoms with Crippen LogP contribution >= 0.6 is 15.9 Å². The zero-order chi connectivity index (χ0) is 9.26. The Bertz CT molecular complexity index is 344. The Morgan fingerprint density at radius 3 is 3.08 bits per heavy atom. The quantitative estimate of drug-likeness (QED) is 0.631. The molecule has 68 valence electrons. The van der Waals surface area contributed by atoms with Crippen LogP contribution in [0.15, 0.2) is 34.8 Å². The molecule has 1 aromatic carbocycles. The molecule has 1 aliphatic heterocycles. The van der Waals surface area contributed by atoms with Crippen molar-refractivity contribution in [1.29, 1.82) is 0 Å². The van der Waals surface area contributed by atoms with E-state index in [1.54, 1.807) is 0 Å². The first-order valence-corrected chi connectivity index (χ1v) is 5.13. The first-order chi connectivity index (χ1) is 6.25. The minimum absolute atomic E-state index is 0.757. The number of hydrogen-bond acceptors (Lipinski definition) is 1. The monoisotopic (exact) mass is 238 g/mol. The predicted molar refractivity (Wildman–Crippen MR) is 57.1 cm³/mol. The number of fused-ring (bicyclic) bond motifs is 1. The second-order valence-corrected chi connectivity index (χ2v) is 4.19. The van der Waals surface area contributed by atoms with Crippen LogP contribution < -0.4 is 4.74 Å². The molecule has 1 nitrogen and oxygen atoms in total. The van der Waals surface area contributed by atoms with Gasteiger partial charge in [0.15, 0.2) is 0 Å². The number of rotatable bonds is 0. The second-order valence-electron chi connectivity index (χ2n) is 3.28. The highest BCUT2D eigenvalue weighted by molar-refractivity contribution is 9.10. The summed E-state index contributed by atoms with van der Waals surface area (Å²) in [5, 5.41) is 0. The fraction of sp³-hybridized carbons (Fsp3) is 0.273. The number of hydrogen-bond donors (Lipinski definition) is 0. The van der Waals surface area contributed by atoms with Crippen molar-refractivity contribution < 1.29 is 4.74 Å². The Morgan fingerprint density at radius 2 is 2.23 bits per heavy atom. The molecule has 1 aliphatic rings. The lowest BCUT2D eigenvalue weighted by Crippen LogP contribution is -1.94. The van der Waals surface area contributed by atoms with Crippen molar-refractivity contribution in [1.82, 2.24) is 0 Å². The molecule has 0 N–H and O–H groups in total. The third kappa shape index (κ3) is 1.94. The van der Waals surface area contributed by atoms with Gasteiger partial charge in [-0.15, -0.1) is 0 Å². The summed E-state index contributed by atoms with van der Waals surface area (Å²) in [5.41, 5.74) is 2.48. The van der Waals surface area contributed by atoms with Gasteiger partial charge in [0.05, 0.1) is 6.61 Å². The lowest BCUT2D eigenvalue weighted by atomic mass is 10.1. The van der Waals surface area contributed by atoms with E-state index in [9.17, 15) is 0 Å². The van der Waals surface area contributed by atoms with E-state index in [1.807, 2.05) is 12.1 Å². The molecule has 0 amide bonds. The molecule has 1 aromatic rings. The van der Waals surface area contributed by atoms with Gasteiger partial charge in [0.1, 0.15) is 5.75 Å². The Hall–Kier alpha value is -0.760. The van der Waals surface area contributed by atoms with Gasteiger partial charge < -0.3 is 4.74 Å². The lowest BCUT2D eigenvalue weighted by molar-refractivity contribution is 0.326. The van der Waals surface area contributed by atoms with Crippen molar-refractivity contribution in [3.05, 3.63) is 40.4 Å². The molecular formula is C11H11BrO. The first kappa shape index (κ1) is 8.82. The van der Waals surface area contributed by atoms with E-state index < -0.39 is 0 Å². The van der Waals surface area contributed by atoms with E-state index >= 15 is 0 Å². The van der Waals surface area contributed by atoms with Crippen molar-refractivity contribution in [2.45, 2.75) is 12.8 Å². The minimum Gasteiger partial charge on any atom is -0.493 e. The topological polar surface area (TPSA) is 9.23 Å². The van der Waals surface area contributed by atoms with Crippen LogP contribution in [0, 0.1) is 0 Å². The van der Waals surface area contributed by atoms with Crippen LogP contribution in [0.4, 0.5) is 0 Å². The Balaban J connectivity index is 2.40. The van der Waals surface area contributed by atoms with Gasteiger partial charge in [-0.05, 0) is 30.2 Å². The predicted octanol–water partition coefficient (Wildman–Crippen LogP) is 3.33. The summed E-state index contributed by atoms with van der Waals surface area (Å²) >= 11 is 3.45. The van der Waals surface area contributed by atoms with E-state index in [-0.39, 0.29) is 0 Å². The van der Waals surface area contributed by atoms with Crippen LogP contribution in [0.3, 0.4) is 0 Å². The molecule has 13 heavy (non-hydrogen) atoms. The Morgan fingerprint density at radius 1 is 1.38 bits per heavy atom. The van der Waals surface area contributed by atoms with Gasteiger partial charge in [-0.25, -0.2) is 0 Å². The van der Waals surface area contributed by atoms with Gasteiger partial charge in [-0.3, -0.25) is 0 Å². The van der Waals surface area contributed by atoms with Crippen molar-refractivity contribution in [3.8, 4) is 5.75 Å². The number of ether oxygens (including phenoxy) is 1. The zero-order valence-corrected chi connectivity index (χ0v) is 8.93. The van der Waals surface area contributed by atoms with Crippen LogP contribution in [-0.2, 0) is 6.42 Å². The van der Waals surface area contributed by atoms with Gasteiger partial charge in [0, 0.05) is 10.9 Å². The van der Waals surface area contributed by atoms with Gasteiger partial charge in [-0.2, -0.15) is 0 Å². The van der Waals surface area contributed by atoms with E-state index in [0.717, 1.165) is 29.7 Å². The van der Waals surface area contributed by atoms with E-state index in [0.29, 0.717) is 0 Å². The first-order valence-electron chi connectivity index (χ1n) is 4.33. The van der Waals surface area contributed by atoms with Gasteiger partial charge >= 0.3 is 0 Å². The highest BCUT2D eigenvalue weighted by atomic mass is 79.9. The molecule has 2 rings (SSSR count). The summed E-state index contributed by atoms with van der Waals surface area (Å²) < 4.78 is 6.69. The van der Waals surface area contributed by atoms with Gasteiger partial charge in [0.25, 0.3) is 0 Å². The van der Waals surface area contributed by atoms with E-state index in [4.69, 9.17) is 4.74 Å². The standard InChI is InChI=1S/C11H11BrO/c1-8-4-5-13-11-3-2-10(12)7-9(11)6-8/h2-3,7H,1,4-6H2. The highest BCUT2D eigenvalue weighted by Crippen LogP contribution is 2.28. The lowest BCUT2D eigenvalue weighted by Gasteiger charge is -2.05. The smallest absolute Gasteiger partial charge is 0.122 e. The molecule has 0 aromatic heterocycles. The van der Waals surface area contributed by atoms with Crippen molar-refractivity contribution in [3.63, 3.8) is 0 Å². The van der Waals surface area contributed by atoms with Crippen LogP contribution in [0.25, 0.3) is 0 Å². The molecule has 0 saturated carbocycles. The van der Waals surface area contributed by atoms with Crippen molar-refractivity contribution >= 4 is 15.9 Å². The molecular weight excluding hydrogens is 228 g/mol. The molecule has 0 aliphatic carbocycles. The summed E-state index contributed by atoms with van der Waals surface area (Å²) in [6.07, 6.45) is 1.90. The van der Waals surface area contributed by atoms with E-state index in [2.05, 4.69) is 28.6 Å². The molecule has 0 unspecified atom stereocenters. The van der Waals surface area contributed by atoms with Gasteiger partial charge in [-0.1, -0.05) is 28.1 Å². The summed E-state index contributed by atoms with van der Waals surface area (Å²) in [6.45, 7) is 4.76. The van der Waals surface area contributed by atoms with Crippen LogP contribution in [0.5, 0.6) is 5.75 Å². The maximum absolute atomic E-state index is 5.59. The largest absolute Gasteiger partial charge is 0.493 e.